The van der Waals surface area contributed by atoms with Crippen molar-refractivity contribution in [1.29, 1.82) is 0 Å². The van der Waals surface area contributed by atoms with E-state index in [1.165, 1.54) is 22.5 Å². The smallest absolute Gasteiger partial charge is 0.253 e. The minimum atomic E-state index is -3.76. The molecule has 0 aromatic heterocycles. The average Bonchev–Trinajstić information content (AvgIpc) is 2.60. The van der Waals surface area contributed by atoms with E-state index in [4.69, 9.17) is 0 Å². The van der Waals surface area contributed by atoms with Crippen molar-refractivity contribution in [2.24, 2.45) is 0 Å². The van der Waals surface area contributed by atoms with E-state index in [2.05, 4.69) is 0 Å². The lowest BCUT2D eigenvalue weighted by Gasteiger charge is -2.34. The van der Waals surface area contributed by atoms with Crippen LogP contribution in [0.15, 0.2) is 47.4 Å². The van der Waals surface area contributed by atoms with Crippen molar-refractivity contribution < 1.29 is 17.6 Å². The van der Waals surface area contributed by atoms with Gasteiger partial charge >= 0.3 is 0 Å². The number of amides is 1. The SMILES string of the molecule is Cc1cc(C)cc(C(=O)N2CCN(S(=O)(=O)c3cccc(F)c3)CC2)c1. The second kappa shape index (κ2) is 7.17. The Hall–Kier alpha value is -2.25. The maximum absolute atomic E-state index is 13.3. The van der Waals surface area contributed by atoms with Gasteiger partial charge in [-0.2, -0.15) is 4.31 Å². The molecule has 1 heterocycles. The fourth-order valence-electron chi connectivity index (χ4n) is 3.19. The third-order valence-corrected chi connectivity index (χ3v) is 6.32. The Kier molecular flexibility index (Phi) is 5.11. The van der Waals surface area contributed by atoms with Crippen LogP contribution in [-0.4, -0.2) is 49.7 Å². The molecule has 0 radical (unpaired) electrons. The molecule has 0 N–H and O–H groups in total. The second-order valence-electron chi connectivity index (χ2n) is 6.53. The Morgan fingerprint density at radius 2 is 1.58 bits per heavy atom. The maximum atomic E-state index is 13.3. The number of rotatable bonds is 3. The number of piperazine rings is 1. The van der Waals surface area contributed by atoms with Gasteiger partial charge < -0.3 is 4.90 Å². The van der Waals surface area contributed by atoms with Crippen LogP contribution >= 0.6 is 0 Å². The largest absolute Gasteiger partial charge is 0.336 e. The predicted molar refractivity (Wildman–Crippen MR) is 97.0 cm³/mol. The van der Waals surface area contributed by atoms with Crippen molar-refractivity contribution in [1.82, 2.24) is 9.21 Å². The molecule has 0 unspecified atom stereocenters. The molecule has 1 aliphatic heterocycles. The van der Waals surface area contributed by atoms with Gasteiger partial charge in [0.2, 0.25) is 10.0 Å². The number of carbonyl (C=O) groups is 1. The van der Waals surface area contributed by atoms with E-state index in [9.17, 15) is 17.6 Å². The van der Waals surface area contributed by atoms with E-state index in [0.717, 1.165) is 17.2 Å². The van der Waals surface area contributed by atoms with Crippen molar-refractivity contribution in [2.45, 2.75) is 18.7 Å². The summed E-state index contributed by atoms with van der Waals surface area (Å²) < 4.78 is 39.9. The fourth-order valence-corrected chi connectivity index (χ4v) is 4.64. The highest BCUT2D eigenvalue weighted by molar-refractivity contribution is 7.89. The first-order valence-corrected chi connectivity index (χ1v) is 9.85. The molecular weight excluding hydrogens is 355 g/mol. The molecule has 0 spiro atoms. The number of hydrogen-bond donors (Lipinski definition) is 0. The number of halogens is 1. The van der Waals surface area contributed by atoms with Gasteiger partial charge in [0, 0.05) is 31.7 Å². The number of sulfonamides is 1. The summed E-state index contributed by atoms with van der Waals surface area (Å²) in [7, 11) is -3.76. The average molecular weight is 376 g/mol. The van der Waals surface area contributed by atoms with Crippen LogP contribution in [-0.2, 0) is 10.0 Å². The molecule has 5 nitrogen and oxygen atoms in total. The first-order chi connectivity index (χ1) is 12.3. The van der Waals surface area contributed by atoms with Crippen LogP contribution in [0.25, 0.3) is 0 Å². The molecule has 2 aromatic carbocycles. The second-order valence-corrected chi connectivity index (χ2v) is 8.47. The van der Waals surface area contributed by atoms with Crippen LogP contribution in [0.4, 0.5) is 4.39 Å². The highest BCUT2D eigenvalue weighted by Gasteiger charge is 2.30. The van der Waals surface area contributed by atoms with Gasteiger partial charge in [-0.3, -0.25) is 4.79 Å². The molecular formula is C19H21FN2O3S. The molecule has 26 heavy (non-hydrogen) atoms. The summed E-state index contributed by atoms with van der Waals surface area (Å²) in [5.74, 6) is -0.686. The minimum absolute atomic E-state index is 0.0633. The van der Waals surface area contributed by atoms with Gasteiger partial charge in [-0.1, -0.05) is 23.3 Å². The standard InChI is InChI=1S/C19H21FN2O3S/c1-14-10-15(2)12-16(11-14)19(23)21-6-8-22(9-7-21)26(24,25)18-5-3-4-17(20)13-18/h3-5,10-13H,6-9H2,1-2H3. The zero-order chi connectivity index (χ0) is 18.9. The summed E-state index contributed by atoms with van der Waals surface area (Å²) >= 11 is 0. The van der Waals surface area contributed by atoms with Crippen LogP contribution in [0, 0.1) is 19.7 Å². The van der Waals surface area contributed by atoms with E-state index in [1.807, 2.05) is 32.0 Å². The van der Waals surface area contributed by atoms with Crippen molar-refractivity contribution in [3.8, 4) is 0 Å². The topological polar surface area (TPSA) is 57.7 Å². The molecule has 1 saturated heterocycles. The number of carbonyl (C=O) groups excluding carboxylic acids is 1. The van der Waals surface area contributed by atoms with Crippen LogP contribution < -0.4 is 0 Å². The number of hydrogen-bond acceptors (Lipinski definition) is 3. The number of nitrogens with zero attached hydrogens (tertiary/aromatic N) is 2. The van der Waals surface area contributed by atoms with Gasteiger partial charge in [-0.05, 0) is 44.2 Å². The molecule has 1 aliphatic rings. The van der Waals surface area contributed by atoms with Crippen LogP contribution in [0.5, 0.6) is 0 Å². The van der Waals surface area contributed by atoms with Gasteiger partial charge in [-0.15, -0.1) is 0 Å². The molecule has 0 bridgehead atoms. The lowest BCUT2D eigenvalue weighted by atomic mass is 10.1. The molecule has 0 aliphatic carbocycles. The molecule has 2 aromatic rings. The Morgan fingerprint density at radius 1 is 0.962 bits per heavy atom. The van der Waals surface area contributed by atoms with E-state index in [0.29, 0.717) is 18.7 Å². The monoisotopic (exact) mass is 376 g/mol. The van der Waals surface area contributed by atoms with Gasteiger partial charge in [0.25, 0.3) is 5.91 Å². The van der Waals surface area contributed by atoms with Crippen LogP contribution in [0.2, 0.25) is 0 Å². The maximum Gasteiger partial charge on any atom is 0.253 e. The molecule has 1 amide bonds. The molecule has 7 heteroatoms. The Morgan fingerprint density at radius 3 is 2.15 bits per heavy atom. The quantitative estimate of drug-likeness (QED) is 0.827. The Bertz CT molecular complexity index is 915. The molecule has 3 rings (SSSR count). The molecule has 0 atom stereocenters. The predicted octanol–water partition coefficient (Wildman–Crippen LogP) is 2.59. The van der Waals surface area contributed by atoms with E-state index < -0.39 is 15.8 Å². The zero-order valence-corrected chi connectivity index (χ0v) is 15.6. The molecule has 138 valence electrons. The van der Waals surface area contributed by atoms with Crippen LogP contribution in [0.3, 0.4) is 0 Å². The van der Waals surface area contributed by atoms with E-state index in [-0.39, 0.29) is 23.9 Å². The zero-order valence-electron chi connectivity index (χ0n) is 14.8. The third kappa shape index (κ3) is 3.78. The normalized spacial score (nSPS) is 15.9. The van der Waals surface area contributed by atoms with Gasteiger partial charge in [0.15, 0.2) is 0 Å². The highest BCUT2D eigenvalue weighted by atomic mass is 32.2. The third-order valence-electron chi connectivity index (χ3n) is 4.43. The molecule has 0 saturated carbocycles. The summed E-state index contributed by atoms with van der Waals surface area (Å²) in [6.07, 6.45) is 0. The summed E-state index contributed by atoms with van der Waals surface area (Å²) in [5.41, 5.74) is 2.64. The van der Waals surface area contributed by atoms with Gasteiger partial charge in [-0.25, -0.2) is 12.8 Å². The number of aryl methyl sites for hydroxylation is 2. The summed E-state index contributed by atoms with van der Waals surface area (Å²) in [6.45, 7) is 4.87. The van der Waals surface area contributed by atoms with Crippen molar-refractivity contribution in [3.05, 3.63) is 65.0 Å². The lowest BCUT2D eigenvalue weighted by molar-refractivity contribution is 0.0697. The van der Waals surface area contributed by atoms with Crippen molar-refractivity contribution in [2.75, 3.05) is 26.2 Å². The Labute approximate surface area is 153 Å². The number of benzene rings is 2. The summed E-state index contributed by atoms with van der Waals surface area (Å²) in [5, 5.41) is 0. The minimum Gasteiger partial charge on any atom is -0.336 e. The fraction of sp³-hybridized carbons (Fsp3) is 0.316. The van der Waals surface area contributed by atoms with Crippen LogP contribution in [0.1, 0.15) is 21.5 Å². The first-order valence-electron chi connectivity index (χ1n) is 8.41. The summed E-state index contributed by atoms with van der Waals surface area (Å²) in [6, 6.07) is 10.7. The van der Waals surface area contributed by atoms with Crippen molar-refractivity contribution >= 4 is 15.9 Å². The first kappa shape index (κ1) is 18.5. The van der Waals surface area contributed by atoms with E-state index >= 15 is 0 Å². The van der Waals surface area contributed by atoms with Gasteiger partial charge in [0.05, 0.1) is 4.90 Å². The highest BCUT2D eigenvalue weighted by Crippen LogP contribution is 2.20. The van der Waals surface area contributed by atoms with E-state index in [1.54, 1.807) is 4.90 Å². The van der Waals surface area contributed by atoms with Gasteiger partial charge in [0.1, 0.15) is 5.82 Å². The summed E-state index contributed by atoms with van der Waals surface area (Å²) in [4.78, 5) is 14.3. The van der Waals surface area contributed by atoms with Crippen molar-refractivity contribution in [3.63, 3.8) is 0 Å². The molecule has 1 fully saturated rings. The lowest BCUT2D eigenvalue weighted by Crippen LogP contribution is -2.50. The Balaban J connectivity index is 1.72.